The fraction of sp³-hybridized carbons (Fsp3) is 0.250. The maximum Gasteiger partial charge on any atom is 0.342 e. The molecule has 0 spiro atoms. The normalized spacial score (nSPS) is 10.7. The summed E-state index contributed by atoms with van der Waals surface area (Å²) in [7, 11) is 3.01. The first-order valence-electron chi connectivity index (χ1n) is 8.74. The molecule has 2 amide bonds. The third-order valence-electron chi connectivity index (χ3n) is 3.93. The predicted molar refractivity (Wildman–Crippen MR) is 113 cm³/mol. The van der Waals surface area contributed by atoms with E-state index in [1.165, 1.54) is 33.3 Å². The molecule has 2 aromatic rings. The van der Waals surface area contributed by atoms with E-state index in [2.05, 4.69) is 21.2 Å². The molecule has 0 saturated carbocycles. The zero-order chi connectivity index (χ0) is 22.4. The molecule has 0 atom stereocenters. The molecule has 9 nitrogen and oxygen atoms in total. The number of methoxy groups -OCH3 is 2. The van der Waals surface area contributed by atoms with Crippen LogP contribution in [0.25, 0.3) is 6.08 Å². The monoisotopic (exact) mass is 480 g/mol. The molecule has 0 saturated heterocycles. The van der Waals surface area contributed by atoms with Gasteiger partial charge in [0.1, 0.15) is 16.9 Å². The summed E-state index contributed by atoms with van der Waals surface area (Å²) >= 11 is 3.37. The van der Waals surface area contributed by atoms with Gasteiger partial charge in [0.25, 0.3) is 11.8 Å². The van der Waals surface area contributed by atoms with Crippen LogP contribution in [-0.2, 0) is 9.53 Å². The predicted octanol–water partition coefficient (Wildman–Crippen LogP) is 3.30. The lowest BCUT2D eigenvalue weighted by molar-refractivity contribution is -0.111. The molecule has 30 heavy (non-hydrogen) atoms. The van der Waals surface area contributed by atoms with Crippen molar-refractivity contribution in [2.75, 3.05) is 26.1 Å². The zero-order valence-corrected chi connectivity index (χ0v) is 18.4. The van der Waals surface area contributed by atoms with E-state index in [4.69, 9.17) is 24.4 Å². The Labute approximate surface area is 181 Å². The standard InChI is InChI=1S/C20H21BrN2O7/c1-5-29-20(26)15-10(2)30-19(16(15)18(22)25)23-14(24)7-6-11-8-12(21)17(28-4)13(9-11)27-3/h6-9H,5H2,1-4H3,(H2,22,25)(H,23,24)/b7-6+. The van der Waals surface area contributed by atoms with E-state index in [0.29, 0.717) is 21.5 Å². The molecule has 0 aliphatic carbocycles. The van der Waals surface area contributed by atoms with Gasteiger partial charge in [-0.15, -0.1) is 0 Å². The Morgan fingerprint density at radius 3 is 2.47 bits per heavy atom. The molecule has 2 rings (SSSR count). The van der Waals surface area contributed by atoms with E-state index >= 15 is 0 Å². The number of nitrogens with one attached hydrogen (secondary N) is 1. The lowest BCUT2D eigenvalue weighted by atomic mass is 10.1. The smallest absolute Gasteiger partial charge is 0.342 e. The number of furan rings is 1. The van der Waals surface area contributed by atoms with Crippen LogP contribution in [0.15, 0.2) is 27.1 Å². The maximum absolute atomic E-state index is 12.3. The van der Waals surface area contributed by atoms with Crippen LogP contribution in [-0.4, -0.2) is 38.6 Å². The van der Waals surface area contributed by atoms with Crippen LogP contribution in [0.3, 0.4) is 0 Å². The third-order valence-corrected chi connectivity index (χ3v) is 4.52. The minimum Gasteiger partial charge on any atom is -0.493 e. The number of primary amides is 1. The molecule has 1 aromatic heterocycles. The Kier molecular flexibility index (Phi) is 7.65. The summed E-state index contributed by atoms with van der Waals surface area (Å²) < 4.78 is 21.4. The molecular formula is C20H21BrN2O7. The van der Waals surface area contributed by atoms with Gasteiger partial charge in [0.05, 0.1) is 25.3 Å². The molecule has 0 fully saturated rings. The first kappa shape index (κ1) is 23.0. The summed E-state index contributed by atoms with van der Waals surface area (Å²) in [5.41, 5.74) is 5.65. The number of aryl methyl sites for hydroxylation is 1. The van der Waals surface area contributed by atoms with Crippen molar-refractivity contribution in [2.45, 2.75) is 13.8 Å². The Bertz CT molecular complexity index is 1010. The Hall–Kier alpha value is -3.27. The Balaban J connectivity index is 2.29. The SMILES string of the molecule is CCOC(=O)c1c(C)oc(NC(=O)/C=C/c2cc(Br)c(OC)c(OC)c2)c1C(N)=O. The van der Waals surface area contributed by atoms with E-state index in [1.807, 2.05) is 0 Å². The number of esters is 1. The fourth-order valence-corrected chi connectivity index (χ4v) is 3.30. The van der Waals surface area contributed by atoms with Crippen molar-refractivity contribution in [1.29, 1.82) is 0 Å². The van der Waals surface area contributed by atoms with Crippen LogP contribution in [0.5, 0.6) is 11.5 Å². The second-order valence-electron chi connectivity index (χ2n) is 5.88. The van der Waals surface area contributed by atoms with Gasteiger partial charge in [-0.1, -0.05) is 0 Å². The number of carbonyl (C=O) groups is 3. The Morgan fingerprint density at radius 2 is 1.90 bits per heavy atom. The summed E-state index contributed by atoms with van der Waals surface area (Å²) in [5.74, 6) is -1.44. The zero-order valence-electron chi connectivity index (χ0n) is 16.8. The van der Waals surface area contributed by atoms with Crippen LogP contribution in [0.4, 0.5) is 5.88 Å². The van der Waals surface area contributed by atoms with E-state index in [1.54, 1.807) is 19.1 Å². The number of hydrogen-bond acceptors (Lipinski definition) is 7. The van der Waals surface area contributed by atoms with Crippen molar-refractivity contribution in [3.8, 4) is 11.5 Å². The summed E-state index contributed by atoms with van der Waals surface area (Å²) in [6, 6.07) is 3.41. The van der Waals surface area contributed by atoms with Gasteiger partial charge < -0.3 is 24.4 Å². The first-order chi connectivity index (χ1) is 14.2. The summed E-state index contributed by atoms with van der Waals surface area (Å²) in [6.45, 7) is 3.19. The van der Waals surface area contributed by atoms with Gasteiger partial charge in [0, 0.05) is 6.08 Å². The van der Waals surface area contributed by atoms with Gasteiger partial charge in [0.2, 0.25) is 5.88 Å². The van der Waals surface area contributed by atoms with Crippen molar-refractivity contribution >= 4 is 45.7 Å². The van der Waals surface area contributed by atoms with Crippen LogP contribution in [0.2, 0.25) is 0 Å². The highest BCUT2D eigenvalue weighted by Crippen LogP contribution is 2.36. The highest BCUT2D eigenvalue weighted by molar-refractivity contribution is 9.10. The number of ether oxygens (including phenoxy) is 3. The molecule has 0 bridgehead atoms. The summed E-state index contributed by atoms with van der Waals surface area (Å²) in [6.07, 6.45) is 2.74. The average Bonchev–Trinajstić information content (AvgIpc) is 3.01. The van der Waals surface area contributed by atoms with Crippen LogP contribution in [0, 0.1) is 6.92 Å². The molecule has 0 radical (unpaired) electrons. The number of benzene rings is 1. The van der Waals surface area contributed by atoms with Crippen LogP contribution >= 0.6 is 15.9 Å². The molecule has 10 heteroatoms. The fourth-order valence-electron chi connectivity index (χ4n) is 2.68. The van der Waals surface area contributed by atoms with E-state index in [9.17, 15) is 14.4 Å². The topological polar surface area (TPSA) is 130 Å². The molecule has 0 unspecified atom stereocenters. The molecule has 0 aliphatic heterocycles. The van der Waals surface area contributed by atoms with Crippen molar-refractivity contribution in [3.63, 3.8) is 0 Å². The van der Waals surface area contributed by atoms with E-state index in [-0.39, 0.29) is 29.4 Å². The second-order valence-corrected chi connectivity index (χ2v) is 6.74. The minimum absolute atomic E-state index is 0.102. The maximum atomic E-state index is 12.3. The second kappa shape index (κ2) is 9.97. The molecule has 1 aromatic carbocycles. The van der Waals surface area contributed by atoms with Gasteiger partial charge in [-0.3, -0.25) is 14.9 Å². The highest BCUT2D eigenvalue weighted by atomic mass is 79.9. The van der Waals surface area contributed by atoms with Crippen molar-refractivity contribution < 1.29 is 33.0 Å². The van der Waals surface area contributed by atoms with Crippen molar-refractivity contribution in [2.24, 2.45) is 5.73 Å². The lowest BCUT2D eigenvalue weighted by Gasteiger charge is -2.10. The number of halogens is 1. The van der Waals surface area contributed by atoms with Gasteiger partial charge in [-0.05, 0) is 53.5 Å². The molecule has 3 N–H and O–H groups in total. The van der Waals surface area contributed by atoms with Gasteiger partial charge in [-0.25, -0.2) is 4.79 Å². The van der Waals surface area contributed by atoms with Gasteiger partial charge in [0.15, 0.2) is 11.5 Å². The summed E-state index contributed by atoms with van der Waals surface area (Å²) in [4.78, 5) is 36.3. The summed E-state index contributed by atoms with van der Waals surface area (Å²) in [5, 5.41) is 2.42. The van der Waals surface area contributed by atoms with Gasteiger partial charge in [-0.2, -0.15) is 0 Å². The highest BCUT2D eigenvalue weighted by Gasteiger charge is 2.28. The molecule has 0 aliphatic rings. The van der Waals surface area contributed by atoms with E-state index in [0.717, 1.165) is 0 Å². The van der Waals surface area contributed by atoms with Gasteiger partial charge >= 0.3 is 5.97 Å². The number of rotatable bonds is 8. The van der Waals surface area contributed by atoms with Crippen molar-refractivity contribution in [3.05, 3.63) is 45.1 Å². The number of anilines is 1. The van der Waals surface area contributed by atoms with Crippen molar-refractivity contribution in [1.82, 2.24) is 0 Å². The first-order valence-corrected chi connectivity index (χ1v) is 9.53. The molecule has 1 heterocycles. The average molecular weight is 481 g/mol. The Morgan fingerprint density at radius 1 is 1.20 bits per heavy atom. The lowest BCUT2D eigenvalue weighted by Crippen LogP contribution is -2.19. The molecular weight excluding hydrogens is 460 g/mol. The van der Waals surface area contributed by atoms with Crippen LogP contribution < -0.4 is 20.5 Å². The number of amides is 2. The largest absolute Gasteiger partial charge is 0.493 e. The number of hydrogen-bond donors (Lipinski definition) is 2. The minimum atomic E-state index is -0.932. The number of nitrogens with two attached hydrogens (primary N) is 1. The number of carbonyl (C=O) groups excluding carboxylic acids is 3. The van der Waals surface area contributed by atoms with Crippen LogP contribution in [0.1, 0.15) is 39.0 Å². The third kappa shape index (κ3) is 5.01. The molecule has 160 valence electrons. The van der Waals surface area contributed by atoms with E-state index < -0.39 is 17.8 Å². The quantitative estimate of drug-likeness (QED) is 0.437.